The molecule has 0 bridgehead atoms. The molecular formula is C32H34F3N6O4+. The molecule has 1 aliphatic heterocycles. The van der Waals surface area contributed by atoms with Crippen LogP contribution in [0.3, 0.4) is 0 Å². The van der Waals surface area contributed by atoms with E-state index in [2.05, 4.69) is 27.2 Å². The summed E-state index contributed by atoms with van der Waals surface area (Å²) in [5.74, 6) is -0.888. The van der Waals surface area contributed by atoms with Gasteiger partial charge in [-0.05, 0) is 55.3 Å². The van der Waals surface area contributed by atoms with Crippen LogP contribution in [-0.4, -0.2) is 76.1 Å². The van der Waals surface area contributed by atoms with E-state index < -0.39 is 29.7 Å². The molecule has 0 radical (unpaired) electrons. The summed E-state index contributed by atoms with van der Waals surface area (Å²) >= 11 is 0. The number of aromatic nitrogens is 2. The predicted molar refractivity (Wildman–Crippen MR) is 162 cm³/mol. The van der Waals surface area contributed by atoms with Crippen LogP contribution in [0, 0.1) is 13.8 Å². The molecule has 0 spiro atoms. The minimum Gasteiger partial charge on any atom is -0.482 e. The van der Waals surface area contributed by atoms with Crippen molar-refractivity contribution in [2.45, 2.75) is 33.1 Å². The number of carbonyl (C=O) groups is 3. The molecule has 45 heavy (non-hydrogen) atoms. The quantitative estimate of drug-likeness (QED) is 0.269. The number of aryl methyl sites for hydroxylation is 2. The van der Waals surface area contributed by atoms with Gasteiger partial charge in [0.2, 0.25) is 0 Å². The maximum absolute atomic E-state index is 13.7. The Labute approximate surface area is 258 Å². The number of nitrogens with zero attached hydrogens (tertiary/aromatic N) is 4. The molecule has 1 aromatic carbocycles. The van der Waals surface area contributed by atoms with Crippen molar-refractivity contribution in [3.63, 3.8) is 0 Å². The maximum atomic E-state index is 13.7. The first-order valence-corrected chi connectivity index (χ1v) is 14.1. The van der Waals surface area contributed by atoms with Crippen LogP contribution in [0.1, 0.15) is 56.1 Å². The van der Waals surface area contributed by atoms with E-state index >= 15 is 0 Å². The van der Waals surface area contributed by atoms with E-state index in [1.807, 2.05) is 4.90 Å². The monoisotopic (exact) mass is 623 g/mol. The lowest BCUT2D eigenvalue weighted by Gasteiger charge is -2.29. The minimum absolute atomic E-state index is 0.0000297. The van der Waals surface area contributed by atoms with E-state index in [4.69, 9.17) is 4.74 Å². The number of nitrogens with one attached hydrogen (secondary N) is 2. The van der Waals surface area contributed by atoms with Gasteiger partial charge in [-0.3, -0.25) is 19.5 Å². The molecule has 4 rings (SSSR count). The second-order valence-electron chi connectivity index (χ2n) is 10.6. The van der Waals surface area contributed by atoms with E-state index in [0.717, 1.165) is 29.6 Å². The van der Waals surface area contributed by atoms with Crippen molar-refractivity contribution < 1.29 is 36.9 Å². The third-order valence-electron chi connectivity index (χ3n) is 7.41. The van der Waals surface area contributed by atoms with Gasteiger partial charge in [0.25, 0.3) is 11.8 Å². The van der Waals surface area contributed by atoms with Crippen molar-refractivity contribution in [1.29, 1.82) is 0 Å². The molecule has 236 valence electrons. The molecule has 1 aliphatic rings. The number of amides is 3. The van der Waals surface area contributed by atoms with Crippen molar-refractivity contribution >= 4 is 29.3 Å². The van der Waals surface area contributed by atoms with Gasteiger partial charge in [0, 0.05) is 44.5 Å². The van der Waals surface area contributed by atoms with E-state index in [1.165, 1.54) is 25.3 Å². The lowest BCUT2D eigenvalue weighted by molar-refractivity contribution is -0.451. The fourth-order valence-corrected chi connectivity index (χ4v) is 4.99. The minimum atomic E-state index is -4.62. The third kappa shape index (κ3) is 7.79. The van der Waals surface area contributed by atoms with E-state index in [9.17, 15) is 27.6 Å². The summed E-state index contributed by atoms with van der Waals surface area (Å²) in [6.07, 6.45) is -1.85. The van der Waals surface area contributed by atoms with Gasteiger partial charge in [0.05, 0.1) is 29.9 Å². The Hall–Kier alpha value is -4.91. The van der Waals surface area contributed by atoms with Gasteiger partial charge in [-0.1, -0.05) is 12.6 Å². The first-order chi connectivity index (χ1) is 21.3. The first kappa shape index (κ1) is 33.0. The summed E-state index contributed by atoms with van der Waals surface area (Å²) in [7, 11) is 1.41. The van der Waals surface area contributed by atoms with Crippen LogP contribution in [0.2, 0.25) is 0 Å². The zero-order valence-electron chi connectivity index (χ0n) is 25.4. The number of hydrogen-bond acceptors (Lipinski definition) is 7. The van der Waals surface area contributed by atoms with Gasteiger partial charge < -0.3 is 15.4 Å². The van der Waals surface area contributed by atoms with Gasteiger partial charge in [-0.2, -0.15) is 17.7 Å². The lowest BCUT2D eigenvalue weighted by Crippen LogP contribution is -2.47. The molecule has 0 saturated carbocycles. The van der Waals surface area contributed by atoms with Crippen LogP contribution in [-0.2, 0) is 11.0 Å². The number of benzene rings is 1. The highest BCUT2D eigenvalue weighted by atomic mass is 19.4. The SMILES string of the molecule is C=CC(=O)[N+]1=C(C)CN(CC(Oc2cc(C)c(C(=O)Nc3ncccc3C)cc2C(=O)NC)c2cc(C(F)(F)F)ccn2)CC1. The Bertz CT molecular complexity index is 1670. The Morgan fingerprint density at radius 1 is 1.07 bits per heavy atom. The molecule has 13 heteroatoms. The van der Waals surface area contributed by atoms with E-state index in [0.29, 0.717) is 31.0 Å². The zero-order valence-corrected chi connectivity index (χ0v) is 25.4. The van der Waals surface area contributed by atoms with Crippen LogP contribution in [0.15, 0.2) is 61.4 Å². The highest BCUT2D eigenvalue weighted by Gasteiger charge is 2.34. The number of hydrogen-bond donors (Lipinski definition) is 2. The second kappa shape index (κ2) is 13.8. The molecule has 3 aromatic rings. The van der Waals surface area contributed by atoms with Gasteiger partial charge in [0.15, 0.2) is 18.4 Å². The van der Waals surface area contributed by atoms with E-state index in [1.54, 1.807) is 43.7 Å². The number of pyridine rings is 2. The van der Waals surface area contributed by atoms with Gasteiger partial charge >= 0.3 is 12.1 Å². The fourth-order valence-electron chi connectivity index (χ4n) is 4.99. The number of alkyl halides is 3. The van der Waals surface area contributed by atoms with Gasteiger partial charge in [-0.25, -0.2) is 9.78 Å². The molecule has 0 aliphatic carbocycles. The fraction of sp³-hybridized carbons (Fsp3) is 0.312. The average molecular weight is 624 g/mol. The lowest BCUT2D eigenvalue weighted by atomic mass is 10.0. The van der Waals surface area contributed by atoms with Gasteiger partial charge in [0.1, 0.15) is 11.6 Å². The third-order valence-corrected chi connectivity index (χ3v) is 7.41. The van der Waals surface area contributed by atoms with Crippen molar-refractivity contribution in [1.82, 2.24) is 20.2 Å². The molecule has 1 atom stereocenters. The number of rotatable bonds is 9. The van der Waals surface area contributed by atoms with Crippen molar-refractivity contribution in [2.24, 2.45) is 0 Å². The maximum Gasteiger partial charge on any atom is 0.416 e. The second-order valence-corrected chi connectivity index (χ2v) is 10.6. The zero-order chi connectivity index (χ0) is 32.9. The standard InChI is InChI=1S/C32H33F3N6O4/c1-6-28(42)41-13-12-40(17-21(41)4)18-27(25-15-22(9-11-37-25)32(33,34)35)45-26-14-20(3)23(16-24(26)30(43)36-5)31(44)39-29-19(2)8-7-10-38-29/h6-11,14-16,27H,1,12-13,17-18H2,2-5H3,(H-,36,38,39,43,44)/p+1. The summed E-state index contributed by atoms with van der Waals surface area (Å²) in [6, 6.07) is 8.20. The van der Waals surface area contributed by atoms with Crippen LogP contribution >= 0.6 is 0 Å². The molecule has 0 saturated heterocycles. The Morgan fingerprint density at radius 3 is 2.47 bits per heavy atom. The molecular weight excluding hydrogens is 589 g/mol. The Kier molecular flexibility index (Phi) is 10.1. The van der Waals surface area contributed by atoms with Gasteiger partial charge in [-0.15, -0.1) is 0 Å². The van der Waals surface area contributed by atoms with Crippen molar-refractivity contribution in [3.05, 3.63) is 95.0 Å². The average Bonchev–Trinajstić information content (AvgIpc) is 3.01. The summed E-state index contributed by atoms with van der Waals surface area (Å²) < 4.78 is 48.9. The molecule has 0 fully saturated rings. The summed E-state index contributed by atoms with van der Waals surface area (Å²) in [5.41, 5.74) is 1.24. The highest BCUT2D eigenvalue weighted by molar-refractivity contribution is 6.07. The Morgan fingerprint density at radius 2 is 1.82 bits per heavy atom. The summed E-state index contributed by atoms with van der Waals surface area (Å²) in [6.45, 7) is 9.96. The molecule has 3 amide bonds. The number of ether oxygens (including phenoxy) is 1. The largest absolute Gasteiger partial charge is 0.482 e. The number of halogens is 3. The molecule has 10 nitrogen and oxygen atoms in total. The Balaban J connectivity index is 1.73. The van der Waals surface area contributed by atoms with Crippen LogP contribution < -0.4 is 15.4 Å². The predicted octanol–water partition coefficient (Wildman–Crippen LogP) is 4.35. The van der Waals surface area contributed by atoms with Crippen molar-refractivity contribution in [2.75, 3.05) is 38.5 Å². The van der Waals surface area contributed by atoms with Crippen molar-refractivity contribution in [3.8, 4) is 5.75 Å². The smallest absolute Gasteiger partial charge is 0.416 e. The molecule has 1 unspecified atom stereocenters. The van der Waals surface area contributed by atoms with Crippen LogP contribution in [0.25, 0.3) is 0 Å². The first-order valence-electron chi connectivity index (χ1n) is 14.1. The highest BCUT2D eigenvalue weighted by Crippen LogP contribution is 2.33. The molecule has 3 heterocycles. The normalized spacial score (nSPS) is 14.5. The number of carbonyl (C=O) groups excluding carboxylic acids is 3. The van der Waals surface area contributed by atoms with Crippen LogP contribution in [0.5, 0.6) is 5.75 Å². The molecule has 2 aromatic heterocycles. The topological polar surface area (TPSA) is 117 Å². The van der Waals surface area contributed by atoms with E-state index in [-0.39, 0.29) is 35.0 Å². The summed E-state index contributed by atoms with van der Waals surface area (Å²) in [5, 5.41) is 5.28. The number of anilines is 1. The van der Waals surface area contributed by atoms with Crippen LogP contribution in [0.4, 0.5) is 19.0 Å². The molecule has 2 N–H and O–H groups in total. The summed E-state index contributed by atoms with van der Waals surface area (Å²) in [4.78, 5) is 48.8.